The number of phenolic OH excluding ortho intramolecular Hbond substituents is 1. The van der Waals surface area contributed by atoms with Crippen molar-refractivity contribution in [3.05, 3.63) is 72.8 Å². The molecule has 0 heterocycles. The highest BCUT2D eigenvalue weighted by Gasteiger charge is 2.17. The van der Waals surface area contributed by atoms with Crippen molar-refractivity contribution in [3.63, 3.8) is 0 Å². The van der Waals surface area contributed by atoms with Gasteiger partial charge in [-0.2, -0.15) is 27.1 Å². The van der Waals surface area contributed by atoms with Crippen molar-refractivity contribution in [1.82, 2.24) is 0 Å². The first-order chi connectivity index (χ1) is 17.5. The molecule has 37 heavy (non-hydrogen) atoms. The Hall–Kier alpha value is -4.24. The number of benzene rings is 4. The maximum absolute atomic E-state index is 11.6. The maximum atomic E-state index is 11.6. The lowest BCUT2D eigenvalue weighted by Crippen LogP contribution is -1.98. The fourth-order valence-electron chi connectivity index (χ4n) is 3.33. The molecule has 12 nitrogen and oxygen atoms in total. The number of methoxy groups -OCH3 is 1. The van der Waals surface area contributed by atoms with Crippen LogP contribution in [0.1, 0.15) is 0 Å². The highest BCUT2D eigenvalue weighted by Crippen LogP contribution is 2.39. The quantitative estimate of drug-likeness (QED) is 0.191. The van der Waals surface area contributed by atoms with Crippen LogP contribution in [0, 0.1) is 0 Å². The molecule has 0 aromatic heterocycles. The number of nitrogens with zero attached hydrogens (tertiary/aromatic N) is 4. The smallest absolute Gasteiger partial charge is 0.295 e. The SMILES string of the molecule is COc1cc(/N=N\c2ccc(S(=O)(=O)O)cc2)ccc1/N=N\c1ccc2c(S(=O)(=O)O)cccc2c1O. The maximum Gasteiger partial charge on any atom is 0.295 e. The first-order valence-electron chi connectivity index (χ1n) is 10.3. The van der Waals surface area contributed by atoms with Crippen molar-refractivity contribution in [3.8, 4) is 11.5 Å². The Morgan fingerprint density at radius 1 is 0.676 bits per heavy atom. The van der Waals surface area contributed by atoms with Gasteiger partial charge in [0.25, 0.3) is 20.2 Å². The molecule has 14 heteroatoms. The number of aromatic hydroxyl groups is 1. The third kappa shape index (κ3) is 5.78. The van der Waals surface area contributed by atoms with E-state index in [1.165, 1.54) is 67.8 Å². The topological polar surface area (TPSA) is 188 Å². The van der Waals surface area contributed by atoms with Gasteiger partial charge in [-0.05, 0) is 48.5 Å². The minimum atomic E-state index is -4.49. The number of rotatable bonds is 7. The van der Waals surface area contributed by atoms with Crippen molar-refractivity contribution in [1.29, 1.82) is 0 Å². The molecule has 4 rings (SSSR count). The second kappa shape index (κ2) is 10.0. The second-order valence-electron chi connectivity index (χ2n) is 7.48. The number of azo groups is 2. The standard InChI is InChI=1S/C23H18N4O8S2/c1-35-21-13-15(25-24-14-5-8-16(9-6-14)36(29,30)31)7-11-19(21)26-27-20-12-10-17-18(23(20)28)3-2-4-22(17)37(32,33)34/h2-13,28H,1H3,(H,29,30,31)(H,32,33,34)/b25-24-,27-26-. The summed E-state index contributed by atoms with van der Waals surface area (Å²) >= 11 is 0. The summed E-state index contributed by atoms with van der Waals surface area (Å²) in [7, 11) is -7.39. The van der Waals surface area contributed by atoms with E-state index in [4.69, 9.17) is 9.29 Å². The number of fused-ring (bicyclic) bond motifs is 1. The van der Waals surface area contributed by atoms with Crippen LogP contribution in [0.15, 0.2) is 103 Å². The molecule has 0 amide bonds. The van der Waals surface area contributed by atoms with E-state index in [1.807, 2.05) is 0 Å². The molecular formula is C23H18N4O8S2. The van der Waals surface area contributed by atoms with Crippen LogP contribution >= 0.6 is 0 Å². The van der Waals surface area contributed by atoms with Crippen molar-refractivity contribution in [2.24, 2.45) is 20.5 Å². The summed E-state index contributed by atoms with van der Waals surface area (Å²) in [6, 6.07) is 16.6. The molecule has 0 spiro atoms. The lowest BCUT2D eigenvalue weighted by molar-refractivity contribution is 0.416. The molecule has 0 aliphatic rings. The molecule has 0 radical (unpaired) electrons. The summed E-state index contributed by atoms with van der Waals surface area (Å²) in [6.45, 7) is 0. The van der Waals surface area contributed by atoms with E-state index in [1.54, 1.807) is 12.1 Å². The summed E-state index contributed by atoms with van der Waals surface area (Å²) in [4.78, 5) is -0.608. The summed E-state index contributed by atoms with van der Waals surface area (Å²) in [5.41, 5.74) is 1.09. The van der Waals surface area contributed by atoms with E-state index in [2.05, 4.69) is 20.5 Å². The molecule has 0 fully saturated rings. The summed E-state index contributed by atoms with van der Waals surface area (Å²) in [5.74, 6) is -0.0352. The van der Waals surface area contributed by atoms with Crippen molar-refractivity contribution < 1.29 is 35.8 Å². The Morgan fingerprint density at radius 2 is 1.30 bits per heavy atom. The van der Waals surface area contributed by atoms with E-state index < -0.39 is 20.2 Å². The molecule has 0 unspecified atom stereocenters. The zero-order valence-corrected chi connectivity index (χ0v) is 20.5. The van der Waals surface area contributed by atoms with E-state index in [9.17, 15) is 26.5 Å². The van der Waals surface area contributed by atoms with Gasteiger partial charge in [-0.3, -0.25) is 9.11 Å². The van der Waals surface area contributed by atoms with E-state index >= 15 is 0 Å². The molecule has 0 aliphatic carbocycles. The molecular weight excluding hydrogens is 524 g/mol. The zero-order valence-electron chi connectivity index (χ0n) is 18.9. The van der Waals surface area contributed by atoms with E-state index in [0.29, 0.717) is 17.1 Å². The van der Waals surface area contributed by atoms with Crippen LogP contribution < -0.4 is 4.74 Å². The normalized spacial score (nSPS) is 12.5. The summed E-state index contributed by atoms with van der Waals surface area (Å²) in [6.07, 6.45) is 0. The van der Waals surface area contributed by atoms with Gasteiger partial charge in [0.05, 0.1) is 23.4 Å². The van der Waals surface area contributed by atoms with Crippen LogP contribution in [-0.4, -0.2) is 38.2 Å². The molecule has 4 aromatic carbocycles. The minimum absolute atomic E-state index is 0.0548. The van der Waals surface area contributed by atoms with Gasteiger partial charge in [-0.1, -0.05) is 18.2 Å². The highest BCUT2D eigenvalue weighted by molar-refractivity contribution is 7.86. The van der Waals surface area contributed by atoms with Gasteiger partial charge in [0, 0.05) is 16.8 Å². The van der Waals surface area contributed by atoms with Crippen LogP contribution in [0.25, 0.3) is 10.8 Å². The Balaban J connectivity index is 1.60. The zero-order chi connectivity index (χ0) is 26.8. The largest absolute Gasteiger partial charge is 0.505 e. The van der Waals surface area contributed by atoms with Gasteiger partial charge in [0.2, 0.25) is 0 Å². The first-order valence-corrected chi connectivity index (χ1v) is 13.2. The summed E-state index contributed by atoms with van der Waals surface area (Å²) in [5, 5.41) is 27.1. The number of phenols is 1. The molecule has 0 saturated heterocycles. The van der Waals surface area contributed by atoms with Gasteiger partial charge >= 0.3 is 0 Å². The second-order valence-corrected chi connectivity index (χ2v) is 10.3. The van der Waals surface area contributed by atoms with E-state index in [-0.39, 0.29) is 37.7 Å². The molecule has 4 aromatic rings. The predicted octanol–water partition coefficient (Wildman–Crippen LogP) is 5.88. The molecule has 0 bridgehead atoms. The fourth-order valence-corrected chi connectivity index (χ4v) is 4.51. The summed E-state index contributed by atoms with van der Waals surface area (Å²) < 4.78 is 69.2. The number of hydrogen-bond acceptors (Lipinski definition) is 10. The lowest BCUT2D eigenvalue weighted by Gasteiger charge is -2.07. The Morgan fingerprint density at radius 3 is 1.95 bits per heavy atom. The highest BCUT2D eigenvalue weighted by atomic mass is 32.2. The Kier molecular flexibility index (Phi) is 7.00. The number of hydrogen-bond donors (Lipinski definition) is 3. The molecule has 3 N–H and O–H groups in total. The molecule has 0 atom stereocenters. The lowest BCUT2D eigenvalue weighted by atomic mass is 10.1. The molecule has 190 valence electrons. The molecule has 0 aliphatic heterocycles. The predicted molar refractivity (Wildman–Crippen MR) is 133 cm³/mol. The average Bonchev–Trinajstić information content (AvgIpc) is 2.86. The van der Waals surface area contributed by atoms with Gasteiger partial charge in [-0.25, -0.2) is 0 Å². The number of ether oxygens (including phenoxy) is 1. The van der Waals surface area contributed by atoms with Gasteiger partial charge in [0.15, 0.2) is 5.75 Å². The fraction of sp³-hybridized carbons (Fsp3) is 0.0435. The average molecular weight is 543 g/mol. The Labute approximate surface area is 211 Å². The van der Waals surface area contributed by atoms with Crippen molar-refractivity contribution in [2.45, 2.75) is 9.79 Å². The van der Waals surface area contributed by atoms with Crippen LogP contribution in [0.3, 0.4) is 0 Å². The van der Waals surface area contributed by atoms with E-state index in [0.717, 1.165) is 0 Å². The van der Waals surface area contributed by atoms with Crippen LogP contribution in [0.5, 0.6) is 11.5 Å². The van der Waals surface area contributed by atoms with Crippen molar-refractivity contribution in [2.75, 3.05) is 7.11 Å². The van der Waals surface area contributed by atoms with Gasteiger partial charge < -0.3 is 9.84 Å². The van der Waals surface area contributed by atoms with Crippen molar-refractivity contribution >= 4 is 53.8 Å². The van der Waals surface area contributed by atoms with Gasteiger partial charge in [-0.15, -0.1) is 10.2 Å². The van der Waals surface area contributed by atoms with Gasteiger partial charge in [0.1, 0.15) is 22.0 Å². The monoisotopic (exact) mass is 542 g/mol. The third-order valence-electron chi connectivity index (χ3n) is 5.09. The van der Waals surface area contributed by atoms with Crippen LogP contribution in [-0.2, 0) is 20.2 Å². The first kappa shape index (κ1) is 25.8. The minimum Gasteiger partial charge on any atom is -0.505 e. The van der Waals surface area contributed by atoms with Crippen LogP contribution in [0.4, 0.5) is 22.7 Å². The molecule has 0 saturated carbocycles. The Bertz CT molecular complexity index is 1770. The van der Waals surface area contributed by atoms with Crippen LogP contribution in [0.2, 0.25) is 0 Å². The third-order valence-corrected chi connectivity index (χ3v) is 6.87.